The Kier molecular flexibility index (Phi) is 6.13. The molecule has 0 saturated carbocycles. The van der Waals surface area contributed by atoms with E-state index in [1.165, 1.54) is 11.8 Å². The molecule has 3 heterocycles. The summed E-state index contributed by atoms with van der Waals surface area (Å²) in [5, 5.41) is 10.4. The summed E-state index contributed by atoms with van der Waals surface area (Å²) in [5.74, 6) is 0.229. The highest BCUT2D eigenvalue weighted by Gasteiger charge is 2.11. The number of piperazine rings is 1. The van der Waals surface area contributed by atoms with Crippen molar-refractivity contribution in [2.75, 3.05) is 41.7 Å². The average Bonchev–Trinajstić information content (AvgIpc) is 2.89. The molecule has 3 N–H and O–H groups in total. The van der Waals surface area contributed by atoms with Gasteiger partial charge in [0.15, 0.2) is 0 Å². The minimum Gasteiger partial charge on any atom is -0.369 e. The number of carbonyl (C=O) groups is 1. The summed E-state index contributed by atoms with van der Waals surface area (Å²) >= 11 is 0. The van der Waals surface area contributed by atoms with Crippen molar-refractivity contribution in [2.45, 2.75) is 0 Å². The number of pyridine rings is 1. The summed E-state index contributed by atoms with van der Waals surface area (Å²) in [6.07, 6.45) is 6.39. The molecule has 34 heavy (non-hydrogen) atoms. The van der Waals surface area contributed by atoms with Crippen LogP contribution in [0.15, 0.2) is 79.8 Å². The van der Waals surface area contributed by atoms with E-state index in [4.69, 9.17) is 4.98 Å². The minimum atomic E-state index is -0.284. The second-order valence-electron chi connectivity index (χ2n) is 8.00. The number of nitrogens with one attached hydrogen (secondary N) is 3. The molecule has 1 aliphatic rings. The Morgan fingerprint density at radius 1 is 1.03 bits per heavy atom. The van der Waals surface area contributed by atoms with Crippen LogP contribution in [-0.4, -0.2) is 47.0 Å². The molecule has 0 atom stereocenters. The second-order valence-corrected chi connectivity index (χ2v) is 8.00. The fourth-order valence-corrected chi connectivity index (χ4v) is 4.01. The Hall–Kier alpha value is -4.30. The minimum absolute atomic E-state index is 0.284. The number of aromatic nitrogens is 3. The molecule has 0 bridgehead atoms. The van der Waals surface area contributed by atoms with Gasteiger partial charge >= 0.3 is 0 Å². The summed E-state index contributed by atoms with van der Waals surface area (Å²) in [6, 6.07) is 16.1. The second kappa shape index (κ2) is 9.68. The van der Waals surface area contributed by atoms with Gasteiger partial charge in [0, 0.05) is 66.5 Å². The highest BCUT2D eigenvalue weighted by Crippen LogP contribution is 2.29. The van der Waals surface area contributed by atoms with E-state index in [1.54, 1.807) is 18.6 Å². The van der Waals surface area contributed by atoms with Gasteiger partial charge < -0.3 is 20.9 Å². The molecule has 8 nitrogen and oxygen atoms in total. The van der Waals surface area contributed by atoms with E-state index < -0.39 is 0 Å². The molecule has 0 aliphatic carbocycles. The molecule has 1 fully saturated rings. The topological polar surface area (TPSA) is 95.1 Å². The summed E-state index contributed by atoms with van der Waals surface area (Å²) in [4.78, 5) is 27.6. The number of para-hydroxylation sites is 1. The van der Waals surface area contributed by atoms with E-state index >= 15 is 0 Å². The number of nitrogens with zero attached hydrogens (tertiary/aromatic N) is 4. The Bertz CT molecular complexity index is 1330. The Balaban J connectivity index is 1.41. The van der Waals surface area contributed by atoms with Crippen LogP contribution in [0.5, 0.6) is 0 Å². The zero-order valence-corrected chi connectivity index (χ0v) is 18.7. The third-order valence-electron chi connectivity index (χ3n) is 5.72. The number of anilines is 4. The van der Waals surface area contributed by atoms with Gasteiger partial charge in [-0.3, -0.25) is 9.78 Å². The summed E-state index contributed by atoms with van der Waals surface area (Å²) in [6.45, 7) is 7.52. The van der Waals surface area contributed by atoms with Gasteiger partial charge in [0.25, 0.3) is 0 Å². The predicted molar refractivity (Wildman–Crippen MR) is 136 cm³/mol. The van der Waals surface area contributed by atoms with Crippen molar-refractivity contribution in [1.82, 2.24) is 20.3 Å². The summed E-state index contributed by atoms with van der Waals surface area (Å²) in [7, 11) is 0. The van der Waals surface area contributed by atoms with Gasteiger partial charge in [0.1, 0.15) is 0 Å². The maximum absolute atomic E-state index is 11.7. The lowest BCUT2D eigenvalue weighted by Crippen LogP contribution is -2.43. The van der Waals surface area contributed by atoms with Crippen LogP contribution in [0.2, 0.25) is 0 Å². The maximum atomic E-state index is 11.7. The fraction of sp³-hybridized carbons (Fsp3) is 0.154. The third kappa shape index (κ3) is 4.72. The van der Waals surface area contributed by atoms with Crippen LogP contribution < -0.4 is 20.9 Å². The number of fused-ring (bicyclic) bond motifs is 1. The predicted octanol–water partition coefficient (Wildman–Crippen LogP) is 3.97. The quantitative estimate of drug-likeness (QED) is 0.382. The van der Waals surface area contributed by atoms with Gasteiger partial charge in [-0.15, -0.1) is 0 Å². The highest BCUT2D eigenvalue weighted by molar-refractivity contribution is 6.00. The molecule has 1 aliphatic heterocycles. The molecule has 1 amide bonds. The monoisotopic (exact) mass is 451 g/mol. The smallest absolute Gasteiger partial charge is 0.247 e. The van der Waals surface area contributed by atoms with Crippen molar-refractivity contribution in [1.29, 1.82) is 0 Å². The molecular weight excluding hydrogens is 426 g/mol. The molecule has 0 unspecified atom stereocenters. The van der Waals surface area contributed by atoms with Crippen LogP contribution in [0, 0.1) is 0 Å². The first-order valence-electron chi connectivity index (χ1n) is 11.2. The Labute approximate surface area is 197 Å². The lowest BCUT2D eigenvalue weighted by atomic mass is 10.0. The largest absolute Gasteiger partial charge is 0.369 e. The van der Waals surface area contributed by atoms with E-state index in [9.17, 15) is 4.79 Å². The van der Waals surface area contributed by atoms with Crippen molar-refractivity contribution in [3.8, 4) is 11.1 Å². The van der Waals surface area contributed by atoms with Crippen LogP contribution in [0.3, 0.4) is 0 Å². The first-order valence-corrected chi connectivity index (χ1v) is 11.2. The van der Waals surface area contributed by atoms with Gasteiger partial charge in [-0.25, -0.2) is 9.97 Å². The van der Waals surface area contributed by atoms with E-state index in [0.717, 1.165) is 53.9 Å². The van der Waals surface area contributed by atoms with E-state index in [-0.39, 0.29) is 5.91 Å². The molecule has 0 spiro atoms. The van der Waals surface area contributed by atoms with Crippen LogP contribution >= 0.6 is 0 Å². The first-order chi connectivity index (χ1) is 16.7. The summed E-state index contributed by atoms with van der Waals surface area (Å²) < 4.78 is 0. The molecule has 2 aromatic carbocycles. The zero-order chi connectivity index (χ0) is 23.3. The number of amides is 1. The first kappa shape index (κ1) is 21.5. The SMILES string of the molecule is C=CC(=O)Nc1cncc(-c2cccc3cnc(Nc4ccc(N5CCNCC5)cc4)nc23)c1. The number of carbonyl (C=O) groups excluding carboxylic acids is 1. The molecule has 1 saturated heterocycles. The van der Waals surface area contributed by atoms with Crippen molar-refractivity contribution < 1.29 is 4.79 Å². The van der Waals surface area contributed by atoms with E-state index in [0.29, 0.717) is 11.6 Å². The van der Waals surface area contributed by atoms with E-state index in [1.807, 2.05) is 36.4 Å². The van der Waals surface area contributed by atoms with Gasteiger partial charge in [-0.05, 0) is 36.4 Å². The van der Waals surface area contributed by atoms with Crippen LogP contribution in [0.25, 0.3) is 22.0 Å². The van der Waals surface area contributed by atoms with Crippen molar-refractivity contribution in [3.63, 3.8) is 0 Å². The number of hydrogen-bond acceptors (Lipinski definition) is 7. The van der Waals surface area contributed by atoms with Gasteiger partial charge in [-0.1, -0.05) is 24.8 Å². The van der Waals surface area contributed by atoms with Crippen LogP contribution in [0.4, 0.5) is 23.0 Å². The normalized spacial score (nSPS) is 13.5. The summed E-state index contributed by atoms with van der Waals surface area (Å²) in [5.41, 5.74) is 5.27. The Morgan fingerprint density at radius 2 is 1.85 bits per heavy atom. The van der Waals surface area contributed by atoms with Gasteiger partial charge in [0.05, 0.1) is 17.4 Å². The van der Waals surface area contributed by atoms with Crippen molar-refractivity contribution >= 4 is 39.8 Å². The standard InChI is InChI=1S/C26H25N7O/c1-2-24(34)30-21-14-19(15-28-17-21)23-5-3-4-18-16-29-26(32-25(18)23)31-20-6-8-22(9-7-20)33-12-10-27-11-13-33/h2-9,14-17,27H,1,10-13H2,(H,30,34)(H,29,31,32). The maximum Gasteiger partial charge on any atom is 0.247 e. The third-order valence-corrected chi connectivity index (χ3v) is 5.72. The van der Waals surface area contributed by atoms with Crippen LogP contribution in [-0.2, 0) is 4.79 Å². The molecule has 4 aromatic rings. The molecule has 0 radical (unpaired) electrons. The lowest BCUT2D eigenvalue weighted by molar-refractivity contribution is -0.111. The van der Waals surface area contributed by atoms with Crippen molar-refractivity contribution in [3.05, 3.63) is 79.8 Å². The molecule has 170 valence electrons. The molecule has 2 aromatic heterocycles. The number of rotatable bonds is 6. The van der Waals surface area contributed by atoms with Crippen molar-refractivity contribution in [2.24, 2.45) is 0 Å². The lowest BCUT2D eigenvalue weighted by Gasteiger charge is -2.29. The zero-order valence-electron chi connectivity index (χ0n) is 18.7. The number of hydrogen-bond donors (Lipinski definition) is 3. The van der Waals surface area contributed by atoms with Gasteiger partial charge in [0.2, 0.25) is 11.9 Å². The molecule has 8 heteroatoms. The highest BCUT2D eigenvalue weighted by atomic mass is 16.1. The van der Waals surface area contributed by atoms with E-state index in [2.05, 4.69) is 49.5 Å². The average molecular weight is 452 g/mol. The molecular formula is C26H25N7O. The number of benzene rings is 2. The van der Waals surface area contributed by atoms with Crippen LogP contribution in [0.1, 0.15) is 0 Å². The molecule has 5 rings (SSSR count). The van der Waals surface area contributed by atoms with Gasteiger partial charge in [-0.2, -0.15) is 0 Å². The Morgan fingerprint density at radius 3 is 2.65 bits per heavy atom. The fourth-order valence-electron chi connectivity index (χ4n) is 4.01.